The van der Waals surface area contributed by atoms with E-state index in [2.05, 4.69) is 10.3 Å². The van der Waals surface area contributed by atoms with Crippen molar-refractivity contribution in [3.8, 4) is 11.5 Å². The highest BCUT2D eigenvalue weighted by Gasteiger charge is 2.19. The summed E-state index contributed by atoms with van der Waals surface area (Å²) >= 11 is 0. The fourth-order valence-electron chi connectivity index (χ4n) is 2.59. The number of aromatic nitrogens is 1. The maximum atomic E-state index is 12.4. The van der Waals surface area contributed by atoms with Gasteiger partial charge in [-0.2, -0.15) is 0 Å². The molecule has 0 unspecified atom stereocenters. The summed E-state index contributed by atoms with van der Waals surface area (Å²) in [7, 11) is 3.22. The molecule has 0 atom stereocenters. The van der Waals surface area contributed by atoms with Crippen LogP contribution in [-0.4, -0.2) is 56.3 Å². The van der Waals surface area contributed by atoms with Crippen LogP contribution in [0.15, 0.2) is 36.5 Å². The van der Waals surface area contributed by atoms with Crippen LogP contribution in [-0.2, 0) is 4.74 Å². The quantitative estimate of drug-likeness (QED) is 0.898. The van der Waals surface area contributed by atoms with Crippen LogP contribution in [0.1, 0.15) is 10.5 Å². The van der Waals surface area contributed by atoms with E-state index in [1.165, 1.54) is 0 Å². The Kier molecular flexibility index (Phi) is 5.35. The third-order valence-corrected chi connectivity index (χ3v) is 3.97. The van der Waals surface area contributed by atoms with E-state index in [-0.39, 0.29) is 5.91 Å². The lowest BCUT2D eigenvalue weighted by atomic mass is 10.2. The van der Waals surface area contributed by atoms with Crippen molar-refractivity contribution in [2.24, 2.45) is 0 Å². The summed E-state index contributed by atoms with van der Waals surface area (Å²) in [5.41, 5.74) is 1.94. The summed E-state index contributed by atoms with van der Waals surface area (Å²) in [6, 6.07) is 9.02. The SMILES string of the molecule is COc1ccc(OC)c(Nc2ccc(C(=O)N3CCOCC3)nc2)c1. The van der Waals surface area contributed by atoms with Crippen LogP contribution < -0.4 is 14.8 Å². The molecule has 3 rings (SSSR count). The van der Waals surface area contributed by atoms with Gasteiger partial charge in [-0.3, -0.25) is 4.79 Å². The van der Waals surface area contributed by atoms with E-state index in [4.69, 9.17) is 14.2 Å². The molecular formula is C18H21N3O4. The third-order valence-electron chi connectivity index (χ3n) is 3.97. The molecule has 132 valence electrons. The predicted octanol–water partition coefficient (Wildman–Crippen LogP) is 2.31. The van der Waals surface area contributed by atoms with Gasteiger partial charge in [0.25, 0.3) is 5.91 Å². The first kappa shape index (κ1) is 17.0. The normalized spacial score (nSPS) is 14.1. The molecule has 1 amide bonds. The molecule has 0 aliphatic carbocycles. The summed E-state index contributed by atoms with van der Waals surface area (Å²) in [6.07, 6.45) is 1.63. The smallest absolute Gasteiger partial charge is 0.272 e. The fraction of sp³-hybridized carbons (Fsp3) is 0.333. The van der Waals surface area contributed by atoms with E-state index in [0.29, 0.717) is 37.7 Å². The van der Waals surface area contributed by atoms with Gasteiger partial charge in [-0.1, -0.05) is 0 Å². The van der Waals surface area contributed by atoms with E-state index in [0.717, 1.165) is 17.1 Å². The Balaban J connectivity index is 1.73. The molecule has 1 aromatic heterocycles. The molecule has 7 heteroatoms. The van der Waals surface area contributed by atoms with E-state index in [1.54, 1.807) is 31.4 Å². The number of rotatable bonds is 5. The minimum absolute atomic E-state index is 0.0752. The van der Waals surface area contributed by atoms with Gasteiger partial charge in [0.15, 0.2) is 0 Å². The van der Waals surface area contributed by atoms with Crippen molar-refractivity contribution in [1.29, 1.82) is 0 Å². The summed E-state index contributed by atoms with van der Waals surface area (Å²) in [5, 5.41) is 3.23. The van der Waals surface area contributed by atoms with Crippen LogP contribution in [0.25, 0.3) is 0 Å². The molecule has 0 spiro atoms. The Morgan fingerprint density at radius 1 is 1.16 bits per heavy atom. The van der Waals surface area contributed by atoms with E-state index in [9.17, 15) is 4.79 Å². The lowest BCUT2D eigenvalue weighted by Crippen LogP contribution is -2.41. The van der Waals surface area contributed by atoms with E-state index in [1.807, 2.05) is 24.3 Å². The van der Waals surface area contributed by atoms with E-state index >= 15 is 0 Å². The average Bonchev–Trinajstić information content (AvgIpc) is 2.68. The Bertz CT molecular complexity index is 728. The molecule has 0 saturated carbocycles. The number of hydrogen-bond donors (Lipinski definition) is 1. The van der Waals surface area contributed by atoms with Crippen molar-refractivity contribution in [1.82, 2.24) is 9.88 Å². The van der Waals surface area contributed by atoms with Crippen LogP contribution in [0.5, 0.6) is 11.5 Å². The highest BCUT2D eigenvalue weighted by atomic mass is 16.5. The minimum Gasteiger partial charge on any atom is -0.497 e. The lowest BCUT2D eigenvalue weighted by molar-refractivity contribution is 0.0299. The molecule has 2 aromatic rings. The van der Waals surface area contributed by atoms with Crippen LogP contribution in [0.3, 0.4) is 0 Å². The molecule has 0 radical (unpaired) electrons. The van der Waals surface area contributed by atoms with Crippen molar-refractivity contribution >= 4 is 17.3 Å². The second-order valence-electron chi connectivity index (χ2n) is 5.53. The number of ether oxygens (including phenoxy) is 3. The predicted molar refractivity (Wildman–Crippen MR) is 93.8 cm³/mol. The number of pyridine rings is 1. The molecule has 7 nitrogen and oxygen atoms in total. The molecule has 1 aromatic carbocycles. The number of amides is 1. The summed E-state index contributed by atoms with van der Waals surface area (Å²) in [5.74, 6) is 1.33. The van der Waals surface area contributed by atoms with Crippen molar-refractivity contribution in [3.05, 3.63) is 42.2 Å². The van der Waals surface area contributed by atoms with Gasteiger partial charge in [-0.15, -0.1) is 0 Å². The second-order valence-corrected chi connectivity index (χ2v) is 5.53. The molecule has 1 aliphatic rings. The summed E-state index contributed by atoms with van der Waals surface area (Å²) in [4.78, 5) is 18.4. The molecule has 2 heterocycles. The van der Waals surface area contributed by atoms with Crippen LogP contribution in [0, 0.1) is 0 Å². The molecule has 1 fully saturated rings. The highest BCUT2D eigenvalue weighted by Crippen LogP contribution is 2.31. The molecule has 1 N–H and O–H groups in total. The number of anilines is 2. The van der Waals surface area contributed by atoms with Crippen molar-refractivity contribution in [2.45, 2.75) is 0 Å². The molecule has 0 bridgehead atoms. The van der Waals surface area contributed by atoms with Gasteiger partial charge in [-0.25, -0.2) is 4.98 Å². The van der Waals surface area contributed by atoms with Crippen LogP contribution >= 0.6 is 0 Å². The first-order chi connectivity index (χ1) is 12.2. The van der Waals surface area contributed by atoms with Crippen molar-refractivity contribution in [2.75, 3.05) is 45.8 Å². The number of carbonyl (C=O) groups excluding carboxylic acids is 1. The van der Waals surface area contributed by atoms with Crippen LogP contribution in [0.4, 0.5) is 11.4 Å². The van der Waals surface area contributed by atoms with Gasteiger partial charge in [0.1, 0.15) is 17.2 Å². The molecule has 1 saturated heterocycles. The maximum Gasteiger partial charge on any atom is 0.272 e. The summed E-state index contributed by atoms with van der Waals surface area (Å²) < 4.78 is 15.9. The Morgan fingerprint density at radius 3 is 2.60 bits per heavy atom. The number of hydrogen-bond acceptors (Lipinski definition) is 6. The van der Waals surface area contributed by atoms with E-state index < -0.39 is 0 Å². The van der Waals surface area contributed by atoms with Crippen molar-refractivity contribution < 1.29 is 19.0 Å². The zero-order valence-electron chi connectivity index (χ0n) is 14.3. The molecule has 1 aliphatic heterocycles. The standard InChI is InChI=1S/C18H21N3O4/c1-23-14-4-6-17(24-2)16(11-14)20-13-3-5-15(19-12-13)18(22)21-7-9-25-10-8-21/h3-6,11-12,20H,7-10H2,1-2H3. The van der Waals surface area contributed by atoms with Gasteiger partial charge in [0.2, 0.25) is 0 Å². The van der Waals surface area contributed by atoms with Gasteiger partial charge in [0, 0.05) is 19.2 Å². The number of carbonyl (C=O) groups is 1. The zero-order chi connectivity index (χ0) is 17.6. The number of benzene rings is 1. The second kappa shape index (κ2) is 7.85. The monoisotopic (exact) mass is 343 g/mol. The zero-order valence-corrected chi connectivity index (χ0v) is 14.3. The summed E-state index contributed by atoms with van der Waals surface area (Å²) in [6.45, 7) is 2.34. The largest absolute Gasteiger partial charge is 0.497 e. The van der Waals surface area contributed by atoms with Gasteiger partial charge >= 0.3 is 0 Å². The number of nitrogens with zero attached hydrogens (tertiary/aromatic N) is 2. The van der Waals surface area contributed by atoms with Gasteiger partial charge in [0.05, 0.1) is 45.0 Å². The first-order valence-corrected chi connectivity index (χ1v) is 8.03. The molecule has 25 heavy (non-hydrogen) atoms. The van der Waals surface area contributed by atoms with Gasteiger partial charge < -0.3 is 24.4 Å². The number of methoxy groups -OCH3 is 2. The fourth-order valence-corrected chi connectivity index (χ4v) is 2.59. The van der Waals surface area contributed by atoms with Gasteiger partial charge in [-0.05, 0) is 24.3 Å². The van der Waals surface area contributed by atoms with Crippen molar-refractivity contribution in [3.63, 3.8) is 0 Å². The Morgan fingerprint density at radius 2 is 1.96 bits per heavy atom. The Hall–Kier alpha value is -2.80. The topological polar surface area (TPSA) is 72.9 Å². The minimum atomic E-state index is -0.0752. The molecular weight excluding hydrogens is 322 g/mol. The highest BCUT2D eigenvalue weighted by molar-refractivity contribution is 5.92. The lowest BCUT2D eigenvalue weighted by Gasteiger charge is -2.26. The third kappa shape index (κ3) is 4.00. The Labute approximate surface area is 146 Å². The number of nitrogens with one attached hydrogen (secondary N) is 1. The van der Waals surface area contributed by atoms with Crippen LogP contribution in [0.2, 0.25) is 0 Å². The first-order valence-electron chi connectivity index (χ1n) is 8.03. The average molecular weight is 343 g/mol. The maximum absolute atomic E-state index is 12.4. The number of morpholine rings is 1.